The predicted molar refractivity (Wildman–Crippen MR) is 72.1 cm³/mol. The number of hydrogen-bond acceptors (Lipinski definition) is 3. The second-order valence-electron chi connectivity index (χ2n) is 3.73. The Kier molecular flexibility index (Phi) is 5.24. The Morgan fingerprint density at radius 1 is 1.35 bits per heavy atom. The van der Waals surface area contributed by atoms with E-state index in [9.17, 15) is 8.42 Å². The monoisotopic (exact) mass is 276 g/mol. The van der Waals surface area contributed by atoms with E-state index in [1.54, 1.807) is 18.2 Å². The Morgan fingerprint density at radius 3 is 2.71 bits per heavy atom. The van der Waals surface area contributed by atoms with E-state index < -0.39 is 10.0 Å². The summed E-state index contributed by atoms with van der Waals surface area (Å²) in [4.78, 5) is 0. The molecule has 0 atom stereocenters. The van der Waals surface area contributed by atoms with Crippen LogP contribution in [0.1, 0.15) is 12.5 Å². The maximum atomic E-state index is 11.7. The van der Waals surface area contributed by atoms with Crippen LogP contribution in [0.15, 0.2) is 18.2 Å². The minimum Gasteiger partial charge on any atom is -0.316 e. The molecule has 0 saturated carbocycles. The number of aryl methyl sites for hydroxylation is 1. The van der Waals surface area contributed by atoms with Crippen molar-refractivity contribution in [3.05, 3.63) is 28.8 Å². The first kappa shape index (κ1) is 14.3. The third-order valence-corrected chi connectivity index (χ3v) is 3.77. The molecule has 6 heteroatoms. The average Bonchev–Trinajstić information content (AvgIpc) is 2.23. The fraction of sp³-hybridized carbons (Fsp3) is 0.455. The quantitative estimate of drug-likeness (QED) is 0.782. The van der Waals surface area contributed by atoms with Crippen LogP contribution in [-0.4, -0.2) is 27.3 Å². The Morgan fingerprint density at radius 2 is 2.06 bits per heavy atom. The van der Waals surface area contributed by atoms with Crippen molar-refractivity contribution in [3.63, 3.8) is 0 Å². The smallest absolute Gasteiger partial charge is 0.233 e. The van der Waals surface area contributed by atoms with Crippen molar-refractivity contribution in [2.24, 2.45) is 0 Å². The lowest BCUT2D eigenvalue weighted by atomic mass is 10.2. The van der Waals surface area contributed by atoms with Crippen molar-refractivity contribution in [1.29, 1.82) is 0 Å². The fourth-order valence-corrected chi connectivity index (χ4v) is 2.55. The van der Waals surface area contributed by atoms with Gasteiger partial charge in [0.15, 0.2) is 0 Å². The SMILES string of the molecule is CCNCCS(=O)(=O)Nc1cc(Cl)ccc1C. The largest absolute Gasteiger partial charge is 0.316 e. The first-order valence-electron chi connectivity index (χ1n) is 5.42. The summed E-state index contributed by atoms with van der Waals surface area (Å²) in [6.07, 6.45) is 0. The lowest BCUT2D eigenvalue weighted by Crippen LogP contribution is -2.26. The van der Waals surface area contributed by atoms with Crippen LogP contribution in [0.2, 0.25) is 5.02 Å². The van der Waals surface area contributed by atoms with Crippen LogP contribution in [0.4, 0.5) is 5.69 Å². The summed E-state index contributed by atoms with van der Waals surface area (Å²) < 4.78 is 26.0. The molecule has 1 aromatic carbocycles. The topological polar surface area (TPSA) is 58.2 Å². The van der Waals surface area contributed by atoms with Gasteiger partial charge in [-0.1, -0.05) is 24.6 Å². The second kappa shape index (κ2) is 6.23. The Bertz CT molecular complexity index is 474. The van der Waals surface area contributed by atoms with Crippen molar-refractivity contribution >= 4 is 27.3 Å². The Balaban J connectivity index is 2.72. The van der Waals surface area contributed by atoms with Gasteiger partial charge in [-0.15, -0.1) is 0 Å². The number of nitrogens with one attached hydrogen (secondary N) is 2. The number of benzene rings is 1. The molecule has 0 spiro atoms. The molecule has 0 aliphatic carbocycles. The van der Waals surface area contributed by atoms with Gasteiger partial charge in [-0.05, 0) is 31.2 Å². The van der Waals surface area contributed by atoms with Crippen LogP contribution in [0, 0.1) is 6.92 Å². The van der Waals surface area contributed by atoms with Gasteiger partial charge in [0.1, 0.15) is 0 Å². The highest BCUT2D eigenvalue weighted by atomic mass is 35.5. The lowest BCUT2D eigenvalue weighted by Gasteiger charge is -2.10. The summed E-state index contributed by atoms with van der Waals surface area (Å²) in [5, 5.41) is 3.48. The molecule has 17 heavy (non-hydrogen) atoms. The number of hydrogen-bond donors (Lipinski definition) is 2. The summed E-state index contributed by atoms with van der Waals surface area (Å²) in [5.74, 6) is 0.0484. The predicted octanol–water partition coefficient (Wildman–Crippen LogP) is 2.00. The maximum Gasteiger partial charge on any atom is 0.233 e. The van der Waals surface area contributed by atoms with E-state index in [1.807, 2.05) is 13.8 Å². The minimum absolute atomic E-state index is 0.0484. The molecule has 0 aromatic heterocycles. The highest BCUT2D eigenvalue weighted by Crippen LogP contribution is 2.21. The van der Waals surface area contributed by atoms with Gasteiger partial charge >= 0.3 is 0 Å². The number of sulfonamides is 1. The first-order chi connectivity index (χ1) is 7.94. The molecule has 0 bridgehead atoms. The first-order valence-corrected chi connectivity index (χ1v) is 7.45. The van der Waals surface area contributed by atoms with Crippen LogP contribution < -0.4 is 10.0 Å². The number of anilines is 1. The molecule has 96 valence electrons. The molecule has 0 unspecified atom stereocenters. The van der Waals surface area contributed by atoms with Crippen molar-refractivity contribution in [2.45, 2.75) is 13.8 Å². The molecular formula is C11H17ClN2O2S. The minimum atomic E-state index is -3.32. The highest BCUT2D eigenvalue weighted by Gasteiger charge is 2.11. The second-order valence-corrected chi connectivity index (χ2v) is 6.01. The van der Waals surface area contributed by atoms with E-state index in [2.05, 4.69) is 10.0 Å². The van der Waals surface area contributed by atoms with Gasteiger partial charge in [0, 0.05) is 11.6 Å². The summed E-state index contributed by atoms with van der Waals surface area (Å²) in [7, 11) is -3.32. The number of halogens is 1. The van der Waals surface area contributed by atoms with Crippen LogP contribution in [0.5, 0.6) is 0 Å². The van der Waals surface area contributed by atoms with Crippen molar-refractivity contribution < 1.29 is 8.42 Å². The lowest BCUT2D eigenvalue weighted by molar-refractivity contribution is 0.597. The molecule has 0 heterocycles. The zero-order valence-electron chi connectivity index (χ0n) is 9.96. The Hall–Kier alpha value is -0.780. The van der Waals surface area contributed by atoms with Crippen molar-refractivity contribution in [1.82, 2.24) is 5.32 Å². The van der Waals surface area contributed by atoms with Gasteiger partial charge in [-0.3, -0.25) is 4.72 Å². The molecule has 4 nitrogen and oxygen atoms in total. The van der Waals surface area contributed by atoms with Crippen LogP contribution >= 0.6 is 11.6 Å². The van der Waals surface area contributed by atoms with Gasteiger partial charge in [-0.2, -0.15) is 0 Å². The van der Waals surface area contributed by atoms with Gasteiger partial charge in [-0.25, -0.2) is 8.42 Å². The van der Waals surface area contributed by atoms with E-state index in [0.717, 1.165) is 12.1 Å². The molecule has 0 saturated heterocycles. The van der Waals surface area contributed by atoms with Gasteiger partial charge in [0.25, 0.3) is 0 Å². The third-order valence-electron chi connectivity index (χ3n) is 2.26. The molecule has 1 aromatic rings. The third kappa shape index (κ3) is 4.93. The van der Waals surface area contributed by atoms with Crippen LogP contribution in [0.25, 0.3) is 0 Å². The summed E-state index contributed by atoms with van der Waals surface area (Å²) in [5.41, 5.74) is 1.38. The standard InChI is InChI=1S/C11H17ClN2O2S/c1-3-13-6-7-17(15,16)14-11-8-10(12)5-4-9(11)2/h4-5,8,13-14H,3,6-7H2,1-2H3. The average molecular weight is 277 g/mol. The van der Waals surface area contributed by atoms with Crippen LogP contribution in [0.3, 0.4) is 0 Å². The summed E-state index contributed by atoms with van der Waals surface area (Å²) >= 11 is 5.83. The van der Waals surface area contributed by atoms with Crippen LogP contribution in [-0.2, 0) is 10.0 Å². The van der Waals surface area contributed by atoms with Gasteiger partial charge < -0.3 is 5.32 Å². The van der Waals surface area contributed by atoms with Crippen molar-refractivity contribution in [2.75, 3.05) is 23.6 Å². The van der Waals surface area contributed by atoms with Gasteiger partial charge in [0.2, 0.25) is 10.0 Å². The highest BCUT2D eigenvalue weighted by molar-refractivity contribution is 7.92. The van der Waals surface area contributed by atoms with E-state index >= 15 is 0 Å². The van der Waals surface area contributed by atoms with Crippen molar-refractivity contribution in [3.8, 4) is 0 Å². The summed E-state index contributed by atoms with van der Waals surface area (Å²) in [6, 6.07) is 5.12. The molecule has 0 aliphatic rings. The van der Waals surface area contributed by atoms with E-state index in [-0.39, 0.29) is 5.75 Å². The molecule has 1 rings (SSSR count). The molecule has 0 amide bonds. The maximum absolute atomic E-state index is 11.7. The van der Waals surface area contributed by atoms with E-state index in [1.165, 1.54) is 0 Å². The Labute approximate surface area is 107 Å². The molecule has 0 aliphatic heterocycles. The molecule has 0 fully saturated rings. The number of rotatable bonds is 6. The van der Waals surface area contributed by atoms with Gasteiger partial charge in [0.05, 0.1) is 11.4 Å². The molecule has 2 N–H and O–H groups in total. The molecule has 0 radical (unpaired) electrons. The zero-order valence-corrected chi connectivity index (χ0v) is 11.5. The molecular weight excluding hydrogens is 260 g/mol. The normalized spacial score (nSPS) is 11.5. The fourth-order valence-electron chi connectivity index (χ4n) is 1.31. The zero-order chi connectivity index (χ0) is 12.9. The van der Waals surface area contributed by atoms with E-state index in [4.69, 9.17) is 11.6 Å². The van der Waals surface area contributed by atoms with E-state index in [0.29, 0.717) is 17.3 Å². The summed E-state index contributed by atoms with van der Waals surface area (Å²) in [6.45, 7) is 4.96.